The normalized spacial score (nSPS) is 13.6. The average molecular weight is 633 g/mol. The van der Waals surface area contributed by atoms with Crippen molar-refractivity contribution in [1.82, 2.24) is 14.9 Å². The van der Waals surface area contributed by atoms with Crippen molar-refractivity contribution in [1.29, 1.82) is 0 Å². The molecule has 4 amide bonds. The highest BCUT2D eigenvalue weighted by Crippen LogP contribution is 2.39. The molecular formula is C40H32N4O4. The molecule has 0 radical (unpaired) electrons. The fourth-order valence-electron chi connectivity index (χ4n) is 6.38. The van der Waals surface area contributed by atoms with Gasteiger partial charge in [-0.15, -0.1) is 0 Å². The van der Waals surface area contributed by atoms with Crippen LogP contribution >= 0.6 is 0 Å². The molecule has 0 fully saturated rings. The summed E-state index contributed by atoms with van der Waals surface area (Å²) in [4.78, 5) is 65.9. The van der Waals surface area contributed by atoms with E-state index in [1.165, 1.54) is 11.3 Å². The van der Waals surface area contributed by atoms with Crippen LogP contribution in [0.3, 0.4) is 0 Å². The minimum atomic E-state index is -0.511. The molecule has 7 rings (SSSR count). The Morgan fingerprint density at radius 2 is 1.12 bits per heavy atom. The molecule has 0 saturated heterocycles. The number of pyridine rings is 2. The highest BCUT2D eigenvalue weighted by Gasteiger charge is 2.40. The number of benzene rings is 3. The number of anilines is 1. The predicted octanol–water partition coefficient (Wildman–Crippen LogP) is 7.45. The Hall–Kier alpha value is -5.94. The molecule has 8 heteroatoms. The van der Waals surface area contributed by atoms with Gasteiger partial charge in [0, 0.05) is 63.1 Å². The first-order chi connectivity index (χ1) is 23.5. The molecule has 3 aromatic carbocycles. The third-order valence-corrected chi connectivity index (χ3v) is 8.88. The molecule has 48 heavy (non-hydrogen) atoms. The van der Waals surface area contributed by atoms with Gasteiger partial charge in [0.05, 0.1) is 17.1 Å². The molecular weight excluding hydrogens is 600 g/mol. The lowest BCUT2D eigenvalue weighted by molar-refractivity contribution is 0.0606. The molecule has 0 aliphatic carbocycles. The fourth-order valence-corrected chi connectivity index (χ4v) is 6.38. The number of carbonyl (C=O) groups is 4. The van der Waals surface area contributed by atoms with E-state index in [4.69, 9.17) is 0 Å². The number of carbonyl (C=O) groups excluding carboxylic acids is 4. The van der Waals surface area contributed by atoms with Crippen molar-refractivity contribution in [2.24, 2.45) is 0 Å². The van der Waals surface area contributed by atoms with E-state index in [1.54, 1.807) is 60.9 Å². The van der Waals surface area contributed by atoms with Crippen LogP contribution in [0.15, 0.2) is 91.3 Å². The molecule has 0 bridgehead atoms. The van der Waals surface area contributed by atoms with E-state index in [9.17, 15) is 19.2 Å². The predicted molar refractivity (Wildman–Crippen MR) is 184 cm³/mol. The maximum Gasteiger partial charge on any atom is 0.265 e. The number of unbranched alkanes of at least 4 members (excludes halogenated alkanes) is 5. The van der Waals surface area contributed by atoms with Crippen LogP contribution in [0, 0.1) is 11.8 Å². The summed E-state index contributed by atoms with van der Waals surface area (Å²) in [5, 5.41) is 0.746. The Labute approximate surface area is 278 Å². The van der Waals surface area contributed by atoms with Crippen molar-refractivity contribution in [3.05, 3.63) is 125 Å². The Kier molecular flexibility index (Phi) is 8.35. The largest absolute Gasteiger partial charge is 0.274 e. The van der Waals surface area contributed by atoms with Crippen LogP contribution in [0.5, 0.6) is 0 Å². The number of amides is 4. The quantitative estimate of drug-likeness (QED) is 0.0951. The van der Waals surface area contributed by atoms with E-state index < -0.39 is 11.8 Å². The molecule has 2 aliphatic heterocycles. The van der Waals surface area contributed by atoms with Gasteiger partial charge in [-0.2, -0.15) is 0 Å². The zero-order chi connectivity index (χ0) is 33.2. The van der Waals surface area contributed by atoms with Crippen molar-refractivity contribution in [3.8, 4) is 23.2 Å². The zero-order valence-electron chi connectivity index (χ0n) is 26.5. The number of imide groups is 2. The minimum absolute atomic E-state index is 0.278. The summed E-state index contributed by atoms with van der Waals surface area (Å²) in [5.74, 6) is 4.41. The summed E-state index contributed by atoms with van der Waals surface area (Å²) >= 11 is 0. The van der Waals surface area contributed by atoms with Crippen LogP contribution in [0.1, 0.15) is 98.0 Å². The third kappa shape index (κ3) is 5.54. The van der Waals surface area contributed by atoms with Gasteiger partial charge in [0.1, 0.15) is 0 Å². The molecule has 0 N–H and O–H groups in total. The van der Waals surface area contributed by atoms with Gasteiger partial charge in [-0.3, -0.25) is 34.0 Å². The van der Waals surface area contributed by atoms with E-state index in [2.05, 4.69) is 28.7 Å². The second-order valence-corrected chi connectivity index (χ2v) is 12.0. The molecule has 0 unspecified atom stereocenters. The standard InChI is InChI=1S/C40H32N4O4/c1-2-3-4-5-6-9-24-43-37(45)29-18-20-31-36-32(21-19-30(35(29)36)38(43)46)40(48)44(39(31)47)28-16-13-26(14-17-28)11-12-27-15-22-34(42-25-27)33-10-7-8-23-41-33/h7-8,10,13-23,25H,2-6,9,24H2,1H3. The number of nitrogens with zero attached hydrogens (tertiary/aromatic N) is 4. The summed E-state index contributed by atoms with van der Waals surface area (Å²) in [6.45, 7) is 2.51. The van der Waals surface area contributed by atoms with E-state index in [0.717, 1.165) is 54.0 Å². The third-order valence-electron chi connectivity index (χ3n) is 8.88. The number of hydrogen-bond acceptors (Lipinski definition) is 6. The maximum atomic E-state index is 13.8. The number of aromatic nitrogens is 2. The Morgan fingerprint density at radius 1 is 0.562 bits per heavy atom. The highest BCUT2D eigenvalue weighted by atomic mass is 16.2. The Balaban J connectivity index is 1.11. The molecule has 0 saturated carbocycles. The first kappa shape index (κ1) is 30.7. The lowest BCUT2D eigenvalue weighted by Gasteiger charge is -2.32. The van der Waals surface area contributed by atoms with E-state index in [-0.39, 0.29) is 22.9 Å². The molecule has 0 atom stereocenters. The van der Waals surface area contributed by atoms with Crippen LogP contribution in [0.4, 0.5) is 5.69 Å². The van der Waals surface area contributed by atoms with Crippen molar-refractivity contribution in [2.75, 3.05) is 11.4 Å². The fraction of sp³-hybridized carbons (Fsp3) is 0.200. The molecule has 2 aliphatic rings. The summed E-state index contributed by atoms with van der Waals surface area (Å²) in [5.41, 5.74) is 4.61. The van der Waals surface area contributed by atoms with Crippen molar-refractivity contribution < 1.29 is 19.2 Å². The lowest BCUT2D eigenvalue weighted by atomic mass is 9.85. The van der Waals surface area contributed by atoms with Gasteiger partial charge in [0.15, 0.2) is 0 Å². The van der Waals surface area contributed by atoms with E-state index >= 15 is 0 Å². The number of rotatable bonds is 9. The van der Waals surface area contributed by atoms with Gasteiger partial charge in [-0.1, -0.05) is 56.9 Å². The topological polar surface area (TPSA) is 101 Å². The highest BCUT2D eigenvalue weighted by molar-refractivity contribution is 6.39. The van der Waals surface area contributed by atoms with E-state index in [1.807, 2.05) is 30.3 Å². The monoisotopic (exact) mass is 632 g/mol. The summed E-state index contributed by atoms with van der Waals surface area (Å²) in [6, 6.07) is 22.7. The molecule has 2 aromatic heterocycles. The van der Waals surface area contributed by atoms with Crippen LogP contribution < -0.4 is 4.90 Å². The summed E-state index contributed by atoms with van der Waals surface area (Å²) < 4.78 is 0. The Morgan fingerprint density at radius 3 is 1.71 bits per heavy atom. The van der Waals surface area contributed by atoms with Crippen LogP contribution in [0.25, 0.3) is 22.2 Å². The molecule has 4 heterocycles. The average Bonchev–Trinajstić information content (AvgIpc) is 3.12. The van der Waals surface area contributed by atoms with Gasteiger partial charge in [-0.05, 0) is 79.2 Å². The van der Waals surface area contributed by atoms with Gasteiger partial charge >= 0.3 is 0 Å². The van der Waals surface area contributed by atoms with Gasteiger partial charge in [0.2, 0.25) is 0 Å². The molecule has 5 aromatic rings. The maximum absolute atomic E-state index is 13.8. The smallest absolute Gasteiger partial charge is 0.265 e. The molecule has 0 spiro atoms. The lowest BCUT2D eigenvalue weighted by Crippen LogP contribution is -2.43. The van der Waals surface area contributed by atoms with E-state index in [0.29, 0.717) is 39.7 Å². The van der Waals surface area contributed by atoms with Crippen molar-refractivity contribution in [2.45, 2.75) is 45.4 Å². The molecule has 8 nitrogen and oxygen atoms in total. The van der Waals surface area contributed by atoms with Crippen molar-refractivity contribution >= 4 is 40.1 Å². The Bertz CT molecular complexity index is 2080. The number of hydrogen-bond donors (Lipinski definition) is 0. The summed E-state index contributed by atoms with van der Waals surface area (Å²) in [6.07, 6.45) is 9.65. The van der Waals surface area contributed by atoms with Gasteiger partial charge in [0.25, 0.3) is 23.6 Å². The molecule has 236 valence electrons. The second-order valence-electron chi connectivity index (χ2n) is 12.0. The summed E-state index contributed by atoms with van der Waals surface area (Å²) in [7, 11) is 0. The zero-order valence-corrected chi connectivity index (χ0v) is 26.5. The first-order valence-electron chi connectivity index (χ1n) is 16.3. The minimum Gasteiger partial charge on any atom is -0.274 e. The second kappa shape index (κ2) is 13.0. The van der Waals surface area contributed by atoms with Crippen LogP contribution in [-0.2, 0) is 0 Å². The van der Waals surface area contributed by atoms with Crippen molar-refractivity contribution in [3.63, 3.8) is 0 Å². The van der Waals surface area contributed by atoms with Gasteiger partial charge in [-0.25, -0.2) is 4.90 Å². The first-order valence-corrected chi connectivity index (χ1v) is 16.3. The van der Waals surface area contributed by atoms with Crippen LogP contribution in [0.2, 0.25) is 0 Å². The van der Waals surface area contributed by atoms with Crippen LogP contribution in [-0.4, -0.2) is 45.0 Å². The SMILES string of the molecule is CCCCCCCCN1C(=O)c2ccc3c4c(ccc(c24)C1=O)C(=O)N(c1ccc(C#Cc2ccc(-c4ccccn4)nc2)cc1)C3=O. The van der Waals surface area contributed by atoms with Gasteiger partial charge < -0.3 is 0 Å².